The third kappa shape index (κ3) is 1.85. The van der Waals surface area contributed by atoms with Crippen LogP contribution in [0.4, 0.5) is 0 Å². The van der Waals surface area contributed by atoms with E-state index in [1.54, 1.807) is 0 Å². The van der Waals surface area contributed by atoms with Gasteiger partial charge in [-0.05, 0) is 31.5 Å². The van der Waals surface area contributed by atoms with Gasteiger partial charge in [-0.25, -0.2) is 0 Å². The van der Waals surface area contributed by atoms with Gasteiger partial charge in [0, 0.05) is 24.4 Å². The van der Waals surface area contributed by atoms with Gasteiger partial charge in [-0.1, -0.05) is 6.07 Å². The van der Waals surface area contributed by atoms with Crippen LogP contribution < -0.4 is 0 Å². The van der Waals surface area contributed by atoms with Crippen molar-refractivity contribution in [2.75, 3.05) is 26.8 Å². The van der Waals surface area contributed by atoms with Crippen molar-refractivity contribution < 1.29 is 4.74 Å². The van der Waals surface area contributed by atoms with Crippen LogP contribution in [0.25, 0.3) is 0 Å². The number of ether oxygens (including phenoxy) is 1. The van der Waals surface area contributed by atoms with Crippen molar-refractivity contribution in [2.45, 2.75) is 24.8 Å². The van der Waals surface area contributed by atoms with Gasteiger partial charge in [-0.15, -0.1) is 0 Å². The normalized spacial score (nSPS) is 26.9. The topological polar surface area (TPSA) is 25.4 Å². The predicted molar refractivity (Wildman–Crippen MR) is 62.4 cm³/mol. The predicted octanol–water partition coefficient (Wildman–Crippen LogP) is 1.96. The lowest BCUT2D eigenvalue weighted by atomic mass is 10.0. The van der Waals surface area contributed by atoms with Crippen LogP contribution in [0.5, 0.6) is 0 Å². The summed E-state index contributed by atoms with van der Waals surface area (Å²) in [5.41, 5.74) is 2.69. The summed E-state index contributed by atoms with van der Waals surface area (Å²) in [7, 11) is 2.18. The van der Waals surface area contributed by atoms with E-state index in [1.165, 1.54) is 24.1 Å². The Bertz CT molecular complexity index is 376. The summed E-state index contributed by atoms with van der Waals surface area (Å²) < 4.78 is 5.59. The van der Waals surface area contributed by atoms with Crippen LogP contribution in [0.1, 0.15) is 36.1 Å². The van der Waals surface area contributed by atoms with E-state index in [1.807, 2.05) is 12.3 Å². The molecule has 1 aromatic heterocycles. The van der Waals surface area contributed by atoms with Crippen molar-refractivity contribution in [2.24, 2.45) is 0 Å². The van der Waals surface area contributed by atoms with E-state index in [9.17, 15) is 0 Å². The maximum absolute atomic E-state index is 5.59. The Hall–Kier alpha value is -0.930. The minimum Gasteiger partial charge on any atom is -0.378 e. The molecule has 16 heavy (non-hydrogen) atoms. The minimum absolute atomic E-state index is 0.401. The van der Waals surface area contributed by atoms with E-state index >= 15 is 0 Å². The van der Waals surface area contributed by atoms with Gasteiger partial charge in [0.2, 0.25) is 0 Å². The highest BCUT2D eigenvalue weighted by molar-refractivity contribution is 5.29. The van der Waals surface area contributed by atoms with Gasteiger partial charge < -0.3 is 4.74 Å². The van der Waals surface area contributed by atoms with Crippen molar-refractivity contribution in [3.05, 3.63) is 29.6 Å². The minimum atomic E-state index is 0.401. The average Bonchev–Trinajstić information content (AvgIpc) is 3.14. The fourth-order valence-corrected chi connectivity index (χ4v) is 2.42. The van der Waals surface area contributed by atoms with Gasteiger partial charge >= 0.3 is 0 Å². The molecule has 86 valence electrons. The maximum Gasteiger partial charge on any atom is 0.0664 e. The second-order valence-corrected chi connectivity index (χ2v) is 4.82. The molecule has 1 aliphatic heterocycles. The second-order valence-electron chi connectivity index (χ2n) is 4.82. The fraction of sp³-hybridized carbons (Fsp3) is 0.615. The number of likely N-dealkylation sites (N-methyl/N-ethyl adjacent to an activating group) is 1. The number of morpholine rings is 1. The smallest absolute Gasteiger partial charge is 0.0664 e. The molecule has 1 atom stereocenters. The Morgan fingerprint density at radius 1 is 1.44 bits per heavy atom. The zero-order valence-corrected chi connectivity index (χ0v) is 9.72. The number of pyridine rings is 1. The monoisotopic (exact) mass is 218 g/mol. The summed E-state index contributed by atoms with van der Waals surface area (Å²) in [6, 6.07) is 4.67. The first-order valence-electron chi connectivity index (χ1n) is 6.09. The number of nitrogens with zero attached hydrogens (tertiary/aromatic N) is 2. The van der Waals surface area contributed by atoms with Crippen molar-refractivity contribution in [3.63, 3.8) is 0 Å². The molecule has 3 rings (SSSR count). The average molecular weight is 218 g/mol. The molecule has 0 amide bonds. The lowest BCUT2D eigenvalue weighted by Crippen LogP contribution is -2.37. The SMILES string of the molecule is CN1CCOCC1c1cccnc1C1CC1. The number of hydrogen-bond acceptors (Lipinski definition) is 3. The standard InChI is InChI=1S/C13H18N2O/c1-15-7-8-16-9-12(15)11-3-2-6-14-13(11)10-4-5-10/h2-3,6,10,12H,4-5,7-9H2,1H3. The van der Waals surface area contributed by atoms with Crippen molar-refractivity contribution in [3.8, 4) is 0 Å². The molecule has 0 aromatic carbocycles. The molecule has 0 radical (unpaired) electrons. The summed E-state index contributed by atoms with van der Waals surface area (Å²) in [4.78, 5) is 6.95. The van der Waals surface area contributed by atoms with Gasteiger partial charge in [0.1, 0.15) is 0 Å². The molecule has 1 unspecified atom stereocenters. The molecule has 0 spiro atoms. The van der Waals surface area contributed by atoms with Crippen LogP contribution in [0.2, 0.25) is 0 Å². The molecule has 1 saturated carbocycles. The zero-order valence-electron chi connectivity index (χ0n) is 9.72. The third-order valence-electron chi connectivity index (χ3n) is 3.59. The molecule has 1 saturated heterocycles. The summed E-state index contributed by atoms with van der Waals surface area (Å²) >= 11 is 0. The first-order chi connectivity index (χ1) is 7.86. The van der Waals surface area contributed by atoms with E-state index in [0.29, 0.717) is 12.0 Å². The largest absolute Gasteiger partial charge is 0.378 e. The Balaban J connectivity index is 1.91. The van der Waals surface area contributed by atoms with E-state index < -0.39 is 0 Å². The first-order valence-corrected chi connectivity index (χ1v) is 6.09. The Labute approximate surface area is 96.4 Å². The van der Waals surface area contributed by atoms with Gasteiger partial charge in [0.15, 0.2) is 0 Å². The molecule has 0 bridgehead atoms. The van der Waals surface area contributed by atoms with Crippen LogP contribution in [0, 0.1) is 0 Å². The highest BCUT2D eigenvalue weighted by Crippen LogP contribution is 2.42. The number of rotatable bonds is 2. The Morgan fingerprint density at radius 3 is 3.06 bits per heavy atom. The molecule has 3 nitrogen and oxygen atoms in total. The maximum atomic E-state index is 5.59. The molecule has 2 heterocycles. The summed E-state index contributed by atoms with van der Waals surface area (Å²) in [5, 5.41) is 0. The molecular formula is C13H18N2O. The molecule has 2 aliphatic rings. The van der Waals surface area contributed by atoms with Gasteiger partial charge in [0.25, 0.3) is 0 Å². The second kappa shape index (κ2) is 4.15. The van der Waals surface area contributed by atoms with Crippen LogP contribution in [-0.2, 0) is 4.74 Å². The van der Waals surface area contributed by atoms with E-state index in [-0.39, 0.29) is 0 Å². The lowest BCUT2D eigenvalue weighted by molar-refractivity contribution is 0.00459. The third-order valence-corrected chi connectivity index (χ3v) is 3.59. The molecule has 1 aliphatic carbocycles. The summed E-state index contributed by atoms with van der Waals surface area (Å²) in [6.45, 7) is 2.68. The highest BCUT2D eigenvalue weighted by Gasteiger charge is 2.31. The van der Waals surface area contributed by atoms with Crippen LogP contribution in [-0.4, -0.2) is 36.7 Å². The van der Waals surface area contributed by atoms with E-state index in [2.05, 4.69) is 23.0 Å². The van der Waals surface area contributed by atoms with E-state index in [0.717, 1.165) is 19.8 Å². The van der Waals surface area contributed by atoms with Crippen LogP contribution in [0.15, 0.2) is 18.3 Å². The van der Waals surface area contributed by atoms with Gasteiger partial charge in [0.05, 0.1) is 19.3 Å². The van der Waals surface area contributed by atoms with Gasteiger partial charge in [-0.2, -0.15) is 0 Å². The molecule has 1 aromatic rings. The lowest BCUT2D eigenvalue weighted by Gasteiger charge is -2.33. The van der Waals surface area contributed by atoms with Gasteiger partial charge in [-0.3, -0.25) is 9.88 Å². The van der Waals surface area contributed by atoms with E-state index in [4.69, 9.17) is 4.74 Å². The highest BCUT2D eigenvalue weighted by atomic mass is 16.5. The van der Waals surface area contributed by atoms with Crippen LogP contribution >= 0.6 is 0 Å². The summed E-state index contributed by atoms with van der Waals surface area (Å²) in [5.74, 6) is 0.714. The molecular weight excluding hydrogens is 200 g/mol. The number of hydrogen-bond donors (Lipinski definition) is 0. The first kappa shape index (κ1) is 10.2. The molecule has 3 heteroatoms. The zero-order chi connectivity index (χ0) is 11.0. The van der Waals surface area contributed by atoms with Crippen LogP contribution in [0.3, 0.4) is 0 Å². The Kier molecular flexibility index (Phi) is 2.65. The quantitative estimate of drug-likeness (QED) is 0.758. The summed E-state index contributed by atoms with van der Waals surface area (Å²) in [6.07, 6.45) is 4.53. The van der Waals surface area contributed by atoms with Crippen molar-refractivity contribution in [1.29, 1.82) is 0 Å². The van der Waals surface area contributed by atoms with Crippen molar-refractivity contribution in [1.82, 2.24) is 9.88 Å². The van der Waals surface area contributed by atoms with Crippen molar-refractivity contribution >= 4 is 0 Å². The number of aromatic nitrogens is 1. The fourth-order valence-electron chi connectivity index (χ4n) is 2.42. The Morgan fingerprint density at radius 2 is 2.31 bits per heavy atom. The molecule has 2 fully saturated rings. The molecule has 0 N–H and O–H groups in total.